The average Bonchev–Trinajstić information content (AvgIpc) is 3.68. The van der Waals surface area contributed by atoms with E-state index in [-0.39, 0.29) is 11.4 Å². The molecule has 0 spiro atoms. The Balaban J connectivity index is 1.18. The highest BCUT2D eigenvalue weighted by atomic mass is 35.5. The maximum absolute atomic E-state index is 12.0. The van der Waals surface area contributed by atoms with Gasteiger partial charge in [-0.05, 0) is 67.8 Å². The molecule has 2 heterocycles. The molecule has 0 radical (unpaired) electrons. The molecule has 2 aromatic carbocycles. The predicted molar refractivity (Wildman–Crippen MR) is 131 cm³/mol. The molecule has 0 saturated heterocycles. The second-order valence-corrected chi connectivity index (χ2v) is 9.59. The van der Waals surface area contributed by atoms with Crippen LogP contribution in [0.2, 0.25) is 5.02 Å². The second kappa shape index (κ2) is 9.72. The molecule has 0 N–H and O–H groups in total. The van der Waals surface area contributed by atoms with Crippen molar-refractivity contribution in [1.82, 2.24) is 14.9 Å². The highest BCUT2D eigenvalue weighted by Gasteiger charge is 2.50. The van der Waals surface area contributed by atoms with Crippen LogP contribution in [0.25, 0.3) is 11.4 Å². The smallest absolute Gasteiger partial charge is 0.311 e. The van der Waals surface area contributed by atoms with Gasteiger partial charge in [0.15, 0.2) is 5.82 Å². The highest BCUT2D eigenvalue weighted by Crippen LogP contribution is 2.50. The van der Waals surface area contributed by atoms with Crippen LogP contribution in [0.3, 0.4) is 0 Å². The summed E-state index contributed by atoms with van der Waals surface area (Å²) >= 11 is 5.93. The van der Waals surface area contributed by atoms with Crippen molar-refractivity contribution in [3.63, 3.8) is 0 Å². The van der Waals surface area contributed by atoms with E-state index in [9.17, 15) is 4.79 Å². The molecule has 3 aromatic rings. The van der Waals surface area contributed by atoms with Gasteiger partial charge in [-0.25, -0.2) is 9.97 Å². The highest BCUT2D eigenvalue weighted by molar-refractivity contribution is 6.30. The van der Waals surface area contributed by atoms with Gasteiger partial charge in [-0.2, -0.15) is 0 Å². The first-order valence-corrected chi connectivity index (χ1v) is 12.1. The maximum Gasteiger partial charge on any atom is 0.311 e. The van der Waals surface area contributed by atoms with Crippen LogP contribution in [0.15, 0.2) is 54.7 Å². The standard InChI is InChI=1S/C27H28ClN3O3/c1-33-26(32)27(11-12-27)13-15-31-14-10-24-21(17-31)16-29-25(30-24)20-4-8-23(9-5-20)34-18-19-2-6-22(28)7-3-19/h2-9,16H,10-15,17-18H2,1H3. The van der Waals surface area contributed by atoms with Gasteiger partial charge in [0.1, 0.15) is 12.4 Å². The maximum atomic E-state index is 12.0. The third-order valence-corrected chi connectivity index (χ3v) is 7.07. The van der Waals surface area contributed by atoms with E-state index in [0.29, 0.717) is 6.61 Å². The summed E-state index contributed by atoms with van der Waals surface area (Å²) < 4.78 is 10.9. The fourth-order valence-electron chi connectivity index (χ4n) is 4.45. The van der Waals surface area contributed by atoms with Crippen LogP contribution < -0.4 is 4.74 Å². The third kappa shape index (κ3) is 5.08. The molecule has 7 heteroatoms. The van der Waals surface area contributed by atoms with E-state index in [2.05, 4.69) is 9.88 Å². The number of rotatable bonds is 8. The molecule has 0 unspecified atom stereocenters. The van der Waals surface area contributed by atoms with Crippen molar-refractivity contribution in [2.24, 2.45) is 5.41 Å². The van der Waals surface area contributed by atoms with Crippen LogP contribution in [-0.2, 0) is 29.1 Å². The van der Waals surface area contributed by atoms with Gasteiger partial charge in [-0.1, -0.05) is 23.7 Å². The number of halogens is 1. The van der Waals surface area contributed by atoms with Crippen molar-refractivity contribution in [3.05, 3.63) is 76.6 Å². The lowest BCUT2D eigenvalue weighted by Gasteiger charge is -2.29. The summed E-state index contributed by atoms with van der Waals surface area (Å²) in [5.74, 6) is 1.48. The Labute approximate surface area is 204 Å². The first kappa shape index (κ1) is 22.8. The number of fused-ring (bicyclic) bond motifs is 1. The normalized spacial score (nSPS) is 16.5. The molecule has 1 aliphatic heterocycles. The van der Waals surface area contributed by atoms with Crippen LogP contribution in [0.5, 0.6) is 5.75 Å². The zero-order chi connectivity index (χ0) is 23.5. The Morgan fingerprint density at radius 3 is 2.59 bits per heavy atom. The van der Waals surface area contributed by atoms with Gasteiger partial charge in [-0.15, -0.1) is 0 Å². The molecule has 0 amide bonds. The lowest BCUT2D eigenvalue weighted by atomic mass is 10.0. The molecule has 1 aromatic heterocycles. The first-order valence-electron chi connectivity index (χ1n) is 11.7. The zero-order valence-electron chi connectivity index (χ0n) is 19.3. The van der Waals surface area contributed by atoms with Crippen molar-refractivity contribution < 1.29 is 14.3 Å². The van der Waals surface area contributed by atoms with E-state index in [4.69, 9.17) is 26.1 Å². The van der Waals surface area contributed by atoms with Crippen molar-refractivity contribution in [2.45, 2.75) is 38.8 Å². The Kier molecular flexibility index (Phi) is 6.53. The number of carbonyl (C=O) groups is 1. The molecular weight excluding hydrogens is 450 g/mol. The molecule has 34 heavy (non-hydrogen) atoms. The molecule has 0 atom stereocenters. The van der Waals surface area contributed by atoms with Gasteiger partial charge in [-0.3, -0.25) is 9.69 Å². The van der Waals surface area contributed by atoms with Gasteiger partial charge >= 0.3 is 5.97 Å². The van der Waals surface area contributed by atoms with E-state index >= 15 is 0 Å². The summed E-state index contributed by atoms with van der Waals surface area (Å²) in [4.78, 5) is 23.9. The fraction of sp³-hybridized carbons (Fsp3) is 0.370. The predicted octanol–water partition coefficient (Wildman–Crippen LogP) is 5.08. The minimum absolute atomic E-state index is 0.0562. The van der Waals surface area contributed by atoms with Crippen molar-refractivity contribution in [1.29, 1.82) is 0 Å². The number of nitrogens with zero attached hydrogens (tertiary/aromatic N) is 3. The van der Waals surface area contributed by atoms with Crippen molar-refractivity contribution >= 4 is 17.6 Å². The van der Waals surface area contributed by atoms with E-state index in [1.54, 1.807) is 0 Å². The summed E-state index contributed by atoms with van der Waals surface area (Å²) in [6.07, 6.45) is 5.59. The van der Waals surface area contributed by atoms with E-state index in [1.165, 1.54) is 12.7 Å². The number of benzene rings is 2. The van der Waals surface area contributed by atoms with Crippen LogP contribution in [0.1, 0.15) is 36.1 Å². The molecule has 1 aliphatic carbocycles. The first-order chi connectivity index (χ1) is 16.5. The van der Waals surface area contributed by atoms with Gasteiger partial charge in [0.05, 0.1) is 18.2 Å². The van der Waals surface area contributed by atoms with E-state index in [0.717, 1.165) is 78.7 Å². The molecule has 5 rings (SSSR count). The second-order valence-electron chi connectivity index (χ2n) is 9.15. The monoisotopic (exact) mass is 477 g/mol. The fourth-order valence-corrected chi connectivity index (χ4v) is 4.57. The molecule has 0 bridgehead atoms. The van der Waals surface area contributed by atoms with Gasteiger partial charge in [0, 0.05) is 41.9 Å². The van der Waals surface area contributed by atoms with Crippen molar-refractivity contribution in [2.75, 3.05) is 20.2 Å². The molecule has 1 fully saturated rings. The van der Waals surface area contributed by atoms with E-state index in [1.807, 2.05) is 54.7 Å². The van der Waals surface area contributed by atoms with Crippen LogP contribution >= 0.6 is 11.6 Å². The molecular formula is C27H28ClN3O3. The molecule has 176 valence electrons. The minimum atomic E-state index is -0.236. The summed E-state index contributed by atoms with van der Waals surface area (Å²) in [5, 5.41) is 0.719. The van der Waals surface area contributed by atoms with Crippen LogP contribution in [0, 0.1) is 5.41 Å². The van der Waals surface area contributed by atoms with Crippen LogP contribution in [-0.4, -0.2) is 41.0 Å². The zero-order valence-corrected chi connectivity index (χ0v) is 20.1. The topological polar surface area (TPSA) is 64.5 Å². The Morgan fingerprint density at radius 1 is 1.12 bits per heavy atom. The number of aromatic nitrogens is 2. The lowest BCUT2D eigenvalue weighted by molar-refractivity contribution is -0.147. The largest absolute Gasteiger partial charge is 0.489 e. The van der Waals surface area contributed by atoms with Gasteiger partial charge in [0.25, 0.3) is 0 Å². The SMILES string of the molecule is COC(=O)C1(CCN2CCc3nc(-c4ccc(OCc5ccc(Cl)cc5)cc4)ncc3C2)CC1. The minimum Gasteiger partial charge on any atom is -0.489 e. The summed E-state index contributed by atoms with van der Waals surface area (Å²) in [6, 6.07) is 15.5. The molecule has 6 nitrogen and oxygen atoms in total. The van der Waals surface area contributed by atoms with E-state index < -0.39 is 0 Å². The number of methoxy groups -OCH3 is 1. The number of carbonyl (C=O) groups excluding carboxylic acids is 1. The Morgan fingerprint density at radius 2 is 1.88 bits per heavy atom. The number of hydrogen-bond acceptors (Lipinski definition) is 6. The summed E-state index contributed by atoms with van der Waals surface area (Å²) in [7, 11) is 1.48. The van der Waals surface area contributed by atoms with Gasteiger partial charge < -0.3 is 9.47 Å². The van der Waals surface area contributed by atoms with Crippen molar-refractivity contribution in [3.8, 4) is 17.1 Å². The Bertz CT molecular complexity index is 1160. The Hall–Kier alpha value is -2.96. The van der Waals surface area contributed by atoms with Crippen LogP contribution in [0.4, 0.5) is 0 Å². The molecule has 1 saturated carbocycles. The van der Waals surface area contributed by atoms with Gasteiger partial charge in [0.2, 0.25) is 0 Å². The quantitative estimate of drug-likeness (QED) is 0.422. The third-order valence-electron chi connectivity index (χ3n) is 6.82. The average molecular weight is 478 g/mol. The number of ether oxygens (including phenoxy) is 2. The lowest BCUT2D eigenvalue weighted by Crippen LogP contribution is -2.34. The summed E-state index contributed by atoms with van der Waals surface area (Å²) in [5.41, 5.74) is 4.08. The number of hydrogen-bond donors (Lipinski definition) is 0. The number of esters is 1. The molecule has 2 aliphatic rings. The summed E-state index contributed by atoms with van der Waals surface area (Å²) in [6.45, 7) is 3.15.